The van der Waals surface area contributed by atoms with Gasteiger partial charge in [-0.1, -0.05) is 100 Å². The van der Waals surface area contributed by atoms with E-state index in [1.807, 2.05) is 24.3 Å². The lowest BCUT2D eigenvalue weighted by atomic mass is 9.86. The first-order chi connectivity index (χ1) is 24.4. The Morgan fingerprint density at radius 3 is 1.78 bits per heavy atom. The van der Waals surface area contributed by atoms with Crippen molar-refractivity contribution in [3.63, 3.8) is 0 Å². The molecule has 0 saturated carbocycles. The Bertz CT molecular complexity index is 1370. The van der Waals surface area contributed by atoms with Crippen LogP contribution in [0.5, 0.6) is 0 Å². The van der Waals surface area contributed by atoms with Crippen LogP contribution >= 0.6 is 0 Å². The van der Waals surface area contributed by atoms with Crippen molar-refractivity contribution in [3.05, 3.63) is 70.8 Å². The second-order valence-electron chi connectivity index (χ2n) is 13.1. The monoisotopic (exact) mass is 702 g/mol. The number of aliphatic hydroxyl groups excluding tert-OH is 4. The zero-order valence-electron chi connectivity index (χ0n) is 31.6. The number of carbonyl (C=O) groups is 1. The van der Waals surface area contributed by atoms with Gasteiger partial charge in [-0.2, -0.15) is 0 Å². The molecule has 3 rings (SSSR count). The molecule has 11 heteroatoms. The molecular weight excluding hydrogens is 642 g/mol. The van der Waals surface area contributed by atoms with Gasteiger partial charge in [-0.05, 0) is 81.7 Å². The normalized spacial score (nSPS) is 16.1. The summed E-state index contributed by atoms with van der Waals surface area (Å²) in [6.07, 6.45) is 10.1. The van der Waals surface area contributed by atoms with Gasteiger partial charge in [0.05, 0.1) is 25.3 Å². The van der Waals surface area contributed by atoms with E-state index in [2.05, 4.69) is 67.0 Å². The van der Waals surface area contributed by atoms with Crippen molar-refractivity contribution < 1.29 is 35.0 Å². The first kappa shape index (κ1) is 45.9. The molecule has 51 heavy (non-hydrogen) atoms. The maximum Gasteiger partial charge on any atom is 0.374 e. The summed E-state index contributed by atoms with van der Waals surface area (Å²) in [4.78, 5) is 13.0. The van der Waals surface area contributed by atoms with E-state index in [-0.39, 0.29) is 13.2 Å². The summed E-state index contributed by atoms with van der Waals surface area (Å²) in [5.41, 5.74) is 3.44. The summed E-state index contributed by atoms with van der Waals surface area (Å²) >= 11 is 0. The maximum atomic E-state index is 11.7. The number of ether oxygens (including phenoxy) is 1. The summed E-state index contributed by atoms with van der Waals surface area (Å²) < 4.78 is 5.57. The Labute approximate surface area is 308 Å². The molecule has 0 aliphatic carbocycles. The molecule has 0 unspecified atom stereocenters. The predicted molar refractivity (Wildman–Crippen MR) is 207 cm³/mol. The largest absolute Gasteiger partial charge is 0.437 e. The summed E-state index contributed by atoms with van der Waals surface area (Å²) in [6.45, 7) is 9.36. The van der Waals surface area contributed by atoms with E-state index < -0.39 is 42.9 Å². The fraction of sp³-hybridized carbons (Fsp3) is 0.575. The fourth-order valence-electron chi connectivity index (χ4n) is 5.58. The molecule has 1 amide bonds. The number of amides is 1. The van der Waals surface area contributed by atoms with Gasteiger partial charge in [0.15, 0.2) is 5.81 Å². The summed E-state index contributed by atoms with van der Waals surface area (Å²) in [7, 11) is 5.62. The van der Waals surface area contributed by atoms with Crippen LogP contribution in [-0.2, 0) is 17.6 Å². The lowest BCUT2D eigenvalue weighted by Gasteiger charge is -2.34. The van der Waals surface area contributed by atoms with Gasteiger partial charge in [-0.3, -0.25) is 4.79 Å². The van der Waals surface area contributed by atoms with E-state index in [9.17, 15) is 25.1 Å². The third-order valence-corrected chi connectivity index (χ3v) is 8.43. The van der Waals surface area contributed by atoms with E-state index in [4.69, 9.17) is 17.7 Å². The van der Waals surface area contributed by atoms with Crippen LogP contribution in [0.1, 0.15) is 101 Å². The van der Waals surface area contributed by atoms with Gasteiger partial charge < -0.3 is 40.3 Å². The average Bonchev–Trinajstić information content (AvgIpc) is 3.46. The third-order valence-electron chi connectivity index (χ3n) is 8.43. The summed E-state index contributed by atoms with van der Waals surface area (Å²) in [5, 5.41) is 48.4. The molecular formula is C40H60B2N2O7. The molecule has 1 fully saturated rings. The van der Waals surface area contributed by atoms with Crippen LogP contribution < -0.4 is 5.23 Å². The highest BCUT2D eigenvalue weighted by atomic mass is 16.5. The minimum absolute atomic E-state index is 0.211. The van der Waals surface area contributed by atoms with Crippen molar-refractivity contribution in [1.82, 2.24) is 10.1 Å². The van der Waals surface area contributed by atoms with Crippen molar-refractivity contribution in [3.8, 4) is 23.7 Å². The third kappa shape index (κ3) is 17.8. The molecule has 2 radical (unpaired) electrons. The average molecular weight is 703 g/mol. The zero-order chi connectivity index (χ0) is 38.2. The Balaban J connectivity index is 0.000000490. The first-order valence-corrected chi connectivity index (χ1v) is 18.2. The topological polar surface area (TPSA) is 143 Å². The number of hydrogen-bond donors (Lipinski definition) is 6. The predicted octanol–water partition coefficient (Wildman–Crippen LogP) is 4.44. The van der Waals surface area contributed by atoms with Crippen molar-refractivity contribution in [2.75, 3.05) is 20.3 Å². The Morgan fingerprint density at radius 2 is 1.37 bits per heavy atom. The highest BCUT2D eigenvalue weighted by Gasteiger charge is 2.44. The smallest absolute Gasteiger partial charge is 0.374 e. The molecule has 1 heterocycles. The minimum Gasteiger partial charge on any atom is -0.437 e. The molecule has 1 saturated heterocycles. The standard InChI is InChI=1S/C21H28BNO3.C18H28BNO3.CH4O/c1-4-5-6-7-8-16-9-11-17(12-10-16)13-14-19(24)18-15-26-21(2,3)23(18)20(22)25;1-3-4-5-6-7-15-8-10-16(11-9-15)12-13-18(22)17(14-21)20-19(2)23;1-2/h9-12,18-19,24H,4-8,15H2,1-3H3;8-11,17-18,20-23H,3-7,14H2,1-2H3;2H,1H3/t18-,19+;17-,18+;/m11./s1. The van der Waals surface area contributed by atoms with Crippen molar-refractivity contribution in [2.24, 2.45) is 0 Å². The van der Waals surface area contributed by atoms with Crippen molar-refractivity contribution in [2.45, 2.75) is 129 Å². The minimum atomic E-state index is -1.04. The molecule has 2 aromatic carbocycles. The van der Waals surface area contributed by atoms with Crippen LogP contribution in [0.4, 0.5) is 4.79 Å². The van der Waals surface area contributed by atoms with Gasteiger partial charge >= 0.3 is 7.05 Å². The quantitative estimate of drug-likeness (QED) is 0.0910. The Kier molecular flexibility index (Phi) is 23.2. The molecule has 2 aromatic rings. The second kappa shape index (κ2) is 25.8. The molecule has 1 aliphatic heterocycles. The van der Waals surface area contributed by atoms with Gasteiger partial charge in [-0.15, -0.1) is 0 Å². The van der Waals surface area contributed by atoms with Crippen LogP contribution in [0.15, 0.2) is 48.5 Å². The Morgan fingerprint density at radius 1 is 0.902 bits per heavy atom. The van der Waals surface area contributed by atoms with E-state index in [1.54, 1.807) is 13.8 Å². The molecule has 278 valence electrons. The number of nitrogens with zero attached hydrogens (tertiary/aromatic N) is 1. The highest BCUT2D eigenvalue weighted by molar-refractivity contribution is 6.57. The highest BCUT2D eigenvalue weighted by Crippen LogP contribution is 2.28. The maximum absolute atomic E-state index is 11.7. The van der Waals surface area contributed by atoms with Crippen LogP contribution in [0.25, 0.3) is 0 Å². The van der Waals surface area contributed by atoms with Gasteiger partial charge in [-0.25, -0.2) is 0 Å². The summed E-state index contributed by atoms with van der Waals surface area (Å²) in [5.74, 6) is 10.8. The van der Waals surface area contributed by atoms with E-state index in [1.165, 1.54) is 74.2 Å². The molecule has 1 aliphatic rings. The lowest BCUT2D eigenvalue weighted by Crippen LogP contribution is -2.51. The van der Waals surface area contributed by atoms with Crippen LogP contribution in [0.2, 0.25) is 6.82 Å². The van der Waals surface area contributed by atoms with Gasteiger partial charge in [0.1, 0.15) is 17.9 Å². The fourth-order valence-corrected chi connectivity index (χ4v) is 5.58. The first-order valence-electron chi connectivity index (χ1n) is 18.2. The second-order valence-corrected chi connectivity index (χ2v) is 13.1. The number of aryl methyl sites for hydroxylation is 2. The van der Waals surface area contributed by atoms with Crippen LogP contribution in [0, 0.1) is 23.7 Å². The number of nitrogens with one attached hydrogen (secondary N) is 1. The molecule has 0 bridgehead atoms. The number of aliphatic hydroxyl groups is 4. The molecule has 9 nitrogen and oxygen atoms in total. The van der Waals surface area contributed by atoms with Gasteiger partial charge in [0.2, 0.25) is 7.85 Å². The molecule has 6 N–H and O–H groups in total. The van der Waals surface area contributed by atoms with Crippen LogP contribution in [0.3, 0.4) is 0 Å². The van der Waals surface area contributed by atoms with Crippen molar-refractivity contribution in [1.29, 1.82) is 0 Å². The van der Waals surface area contributed by atoms with E-state index in [0.29, 0.717) is 0 Å². The van der Waals surface area contributed by atoms with Crippen molar-refractivity contribution >= 4 is 20.7 Å². The number of unbranched alkanes of at least 4 members (excludes halogenated alkanes) is 6. The number of carbonyl (C=O) groups excluding carboxylic acids is 1. The molecule has 0 aromatic heterocycles. The van der Waals surface area contributed by atoms with E-state index >= 15 is 0 Å². The molecule has 4 atom stereocenters. The lowest BCUT2D eigenvalue weighted by molar-refractivity contribution is -0.0300. The van der Waals surface area contributed by atoms with Gasteiger partial charge in [0.25, 0.3) is 0 Å². The van der Waals surface area contributed by atoms with Crippen LogP contribution in [-0.4, -0.2) is 101 Å². The summed E-state index contributed by atoms with van der Waals surface area (Å²) in [6, 6.07) is 14.9. The Hall–Kier alpha value is -3.12. The van der Waals surface area contributed by atoms with E-state index in [0.717, 1.165) is 31.1 Å². The molecule has 0 spiro atoms. The number of benzene rings is 2. The van der Waals surface area contributed by atoms with Gasteiger partial charge in [0, 0.05) is 18.2 Å². The number of hydrogen-bond acceptors (Lipinski definition) is 8. The zero-order valence-corrected chi connectivity index (χ0v) is 31.6. The number of rotatable bonds is 15. The SMILES string of the molecule is CCCCCCc1ccc(C#C[C@H](O)[C@@H](CO)NB(C)O)cc1.CO.[B]C(=O)N1[C@@H]([C@@H](O)C#Cc2ccc(CCCCCC)cc2)COC1(C)C.